The van der Waals surface area contributed by atoms with E-state index in [1.54, 1.807) is 0 Å². The summed E-state index contributed by atoms with van der Waals surface area (Å²) in [6.45, 7) is 0. The van der Waals surface area contributed by atoms with Gasteiger partial charge in [-0.05, 0) is 37.5 Å². The summed E-state index contributed by atoms with van der Waals surface area (Å²) < 4.78 is 13.0. The molecule has 3 nitrogen and oxygen atoms in total. The van der Waals surface area contributed by atoms with Crippen molar-refractivity contribution >= 4 is 11.7 Å². The molecule has 86 valence electrons. The number of anilines is 1. The van der Waals surface area contributed by atoms with Crippen LogP contribution in [-0.4, -0.2) is 24.2 Å². The lowest BCUT2D eigenvalue weighted by molar-refractivity contribution is 0.0697. The number of hydrogen-bond acceptors (Lipinski definition) is 2. The van der Waals surface area contributed by atoms with Gasteiger partial charge in [-0.1, -0.05) is 0 Å². The van der Waals surface area contributed by atoms with Crippen LogP contribution >= 0.6 is 0 Å². The Hall–Kier alpha value is -1.58. The largest absolute Gasteiger partial charge is 0.478 e. The second-order valence-corrected chi connectivity index (χ2v) is 4.16. The summed E-state index contributed by atoms with van der Waals surface area (Å²) in [5, 5.41) is 9.02. The summed E-state index contributed by atoms with van der Waals surface area (Å²) in [6.07, 6.45) is 3.33. The molecule has 0 bridgehead atoms. The van der Waals surface area contributed by atoms with E-state index in [1.165, 1.54) is 18.6 Å². The SMILES string of the molecule is CN(c1ccc(F)cc1C(=O)O)C1CCC1. The maximum absolute atomic E-state index is 13.0. The number of aromatic carboxylic acids is 1. The van der Waals surface area contributed by atoms with Gasteiger partial charge in [0.1, 0.15) is 5.82 Å². The molecule has 0 unspecified atom stereocenters. The van der Waals surface area contributed by atoms with E-state index in [2.05, 4.69) is 0 Å². The molecule has 0 amide bonds. The van der Waals surface area contributed by atoms with Crippen LogP contribution in [-0.2, 0) is 0 Å². The molecule has 0 aromatic heterocycles. The second kappa shape index (κ2) is 4.12. The van der Waals surface area contributed by atoms with E-state index in [0.29, 0.717) is 11.7 Å². The molecule has 0 atom stereocenters. The number of benzene rings is 1. The van der Waals surface area contributed by atoms with Crippen LogP contribution in [0, 0.1) is 5.82 Å². The standard InChI is InChI=1S/C12H14FNO2/c1-14(9-3-2-4-9)11-6-5-8(13)7-10(11)12(15)16/h5-7,9H,2-4H2,1H3,(H,15,16). The monoisotopic (exact) mass is 223 g/mol. The molecule has 4 heteroatoms. The Labute approximate surface area is 93.5 Å². The molecule has 1 saturated carbocycles. The first kappa shape index (κ1) is 10.9. The molecule has 0 heterocycles. The van der Waals surface area contributed by atoms with Crippen molar-refractivity contribution in [2.45, 2.75) is 25.3 Å². The van der Waals surface area contributed by atoms with Gasteiger partial charge in [0, 0.05) is 13.1 Å². The summed E-state index contributed by atoms with van der Waals surface area (Å²) in [6, 6.07) is 4.31. The van der Waals surface area contributed by atoms with E-state index in [0.717, 1.165) is 18.9 Å². The topological polar surface area (TPSA) is 40.5 Å². The minimum Gasteiger partial charge on any atom is -0.478 e. The van der Waals surface area contributed by atoms with Gasteiger partial charge >= 0.3 is 5.97 Å². The molecule has 0 radical (unpaired) electrons. The van der Waals surface area contributed by atoms with Crippen molar-refractivity contribution < 1.29 is 14.3 Å². The zero-order valence-corrected chi connectivity index (χ0v) is 9.11. The molecular weight excluding hydrogens is 209 g/mol. The van der Waals surface area contributed by atoms with E-state index in [-0.39, 0.29) is 5.56 Å². The molecular formula is C12H14FNO2. The Morgan fingerprint density at radius 1 is 1.50 bits per heavy atom. The molecule has 0 aliphatic heterocycles. The number of nitrogens with zero attached hydrogens (tertiary/aromatic N) is 1. The summed E-state index contributed by atoms with van der Waals surface area (Å²) in [5.41, 5.74) is 0.632. The van der Waals surface area contributed by atoms with Crippen LogP contribution in [0.1, 0.15) is 29.6 Å². The molecule has 1 aromatic carbocycles. The van der Waals surface area contributed by atoms with Gasteiger partial charge in [0.2, 0.25) is 0 Å². The number of hydrogen-bond donors (Lipinski definition) is 1. The Bertz CT molecular complexity index is 415. The van der Waals surface area contributed by atoms with Crippen molar-refractivity contribution in [3.8, 4) is 0 Å². The number of carboxylic acid groups (broad SMARTS) is 1. The van der Waals surface area contributed by atoms with Gasteiger partial charge in [0.05, 0.1) is 11.3 Å². The van der Waals surface area contributed by atoms with Crippen LogP contribution in [0.15, 0.2) is 18.2 Å². The highest BCUT2D eigenvalue weighted by Crippen LogP contribution is 2.30. The van der Waals surface area contributed by atoms with E-state index in [1.807, 2.05) is 11.9 Å². The maximum Gasteiger partial charge on any atom is 0.337 e. The van der Waals surface area contributed by atoms with Crippen LogP contribution in [0.3, 0.4) is 0 Å². The normalized spacial score (nSPS) is 15.6. The van der Waals surface area contributed by atoms with Gasteiger partial charge in [-0.3, -0.25) is 0 Å². The first-order valence-electron chi connectivity index (χ1n) is 5.35. The molecule has 16 heavy (non-hydrogen) atoms. The van der Waals surface area contributed by atoms with Crippen molar-refractivity contribution in [2.24, 2.45) is 0 Å². The minimum atomic E-state index is -1.08. The van der Waals surface area contributed by atoms with Crippen molar-refractivity contribution in [3.05, 3.63) is 29.6 Å². The van der Waals surface area contributed by atoms with Crippen LogP contribution in [0.25, 0.3) is 0 Å². The van der Waals surface area contributed by atoms with Crippen molar-refractivity contribution in [1.82, 2.24) is 0 Å². The lowest BCUT2D eigenvalue weighted by Gasteiger charge is -2.37. The first-order chi connectivity index (χ1) is 7.59. The number of halogens is 1. The molecule has 1 N–H and O–H groups in total. The Morgan fingerprint density at radius 3 is 2.69 bits per heavy atom. The van der Waals surface area contributed by atoms with Crippen LogP contribution in [0.5, 0.6) is 0 Å². The predicted octanol–water partition coefficient (Wildman–Crippen LogP) is 2.51. The Balaban J connectivity index is 2.34. The number of carboxylic acids is 1. The highest BCUT2D eigenvalue weighted by molar-refractivity contribution is 5.94. The minimum absolute atomic E-state index is 0.0365. The van der Waals surface area contributed by atoms with Crippen LogP contribution < -0.4 is 4.90 Å². The summed E-state index contributed by atoms with van der Waals surface area (Å²) in [5.74, 6) is -1.59. The Morgan fingerprint density at radius 2 is 2.19 bits per heavy atom. The Kier molecular flexibility index (Phi) is 2.81. The molecule has 0 saturated heterocycles. The fourth-order valence-electron chi connectivity index (χ4n) is 1.96. The van der Waals surface area contributed by atoms with Gasteiger partial charge in [-0.2, -0.15) is 0 Å². The molecule has 1 fully saturated rings. The van der Waals surface area contributed by atoms with E-state index in [4.69, 9.17) is 5.11 Å². The average Bonchev–Trinajstić information content (AvgIpc) is 2.14. The van der Waals surface area contributed by atoms with Crippen LogP contribution in [0.2, 0.25) is 0 Å². The van der Waals surface area contributed by atoms with Gasteiger partial charge in [-0.25, -0.2) is 9.18 Å². The average molecular weight is 223 g/mol. The smallest absolute Gasteiger partial charge is 0.337 e. The molecule has 1 aromatic rings. The van der Waals surface area contributed by atoms with E-state index in [9.17, 15) is 9.18 Å². The zero-order chi connectivity index (χ0) is 11.7. The highest BCUT2D eigenvalue weighted by Gasteiger charge is 2.25. The molecule has 1 aliphatic rings. The lowest BCUT2D eigenvalue weighted by Crippen LogP contribution is -2.37. The third-order valence-electron chi connectivity index (χ3n) is 3.19. The zero-order valence-electron chi connectivity index (χ0n) is 9.11. The fourth-order valence-corrected chi connectivity index (χ4v) is 1.96. The van der Waals surface area contributed by atoms with Gasteiger partial charge < -0.3 is 10.0 Å². The quantitative estimate of drug-likeness (QED) is 0.855. The highest BCUT2D eigenvalue weighted by atomic mass is 19.1. The van der Waals surface area contributed by atoms with Gasteiger partial charge in [0.15, 0.2) is 0 Å². The molecule has 1 aliphatic carbocycles. The predicted molar refractivity (Wildman–Crippen MR) is 59.4 cm³/mol. The van der Waals surface area contributed by atoms with E-state index >= 15 is 0 Å². The third kappa shape index (κ3) is 1.87. The van der Waals surface area contributed by atoms with E-state index < -0.39 is 11.8 Å². The second-order valence-electron chi connectivity index (χ2n) is 4.16. The van der Waals surface area contributed by atoms with Crippen molar-refractivity contribution in [3.63, 3.8) is 0 Å². The van der Waals surface area contributed by atoms with Crippen LogP contribution in [0.4, 0.5) is 10.1 Å². The lowest BCUT2D eigenvalue weighted by atomic mass is 9.91. The first-order valence-corrected chi connectivity index (χ1v) is 5.35. The molecule has 0 spiro atoms. The maximum atomic E-state index is 13.0. The van der Waals surface area contributed by atoms with Crippen molar-refractivity contribution in [2.75, 3.05) is 11.9 Å². The van der Waals surface area contributed by atoms with Crippen molar-refractivity contribution in [1.29, 1.82) is 0 Å². The third-order valence-corrected chi connectivity index (χ3v) is 3.19. The number of carbonyl (C=O) groups is 1. The summed E-state index contributed by atoms with van der Waals surface area (Å²) >= 11 is 0. The number of rotatable bonds is 3. The molecule has 2 rings (SSSR count). The summed E-state index contributed by atoms with van der Waals surface area (Å²) in [7, 11) is 1.86. The van der Waals surface area contributed by atoms with Gasteiger partial charge in [0.25, 0.3) is 0 Å². The fraction of sp³-hybridized carbons (Fsp3) is 0.417. The summed E-state index contributed by atoms with van der Waals surface area (Å²) in [4.78, 5) is 13.0. The van der Waals surface area contributed by atoms with Gasteiger partial charge in [-0.15, -0.1) is 0 Å².